The van der Waals surface area contributed by atoms with Gasteiger partial charge in [0.15, 0.2) is 0 Å². The zero-order valence-corrected chi connectivity index (χ0v) is 13.8. The molecule has 0 fully saturated rings. The van der Waals surface area contributed by atoms with Crippen LogP contribution in [-0.2, 0) is 16.0 Å². The predicted octanol–water partition coefficient (Wildman–Crippen LogP) is 3.44. The first-order chi connectivity index (χ1) is 11.1. The highest BCUT2D eigenvalue weighted by atomic mass is 32.2. The first-order valence-electron chi connectivity index (χ1n) is 7.32. The van der Waals surface area contributed by atoms with E-state index in [1.54, 1.807) is 36.0 Å². The van der Waals surface area contributed by atoms with Crippen LogP contribution in [0.3, 0.4) is 0 Å². The Balaban J connectivity index is 1.70. The molecule has 0 radical (unpaired) electrons. The minimum absolute atomic E-state index is 0.0501. The van der Waals surface area contributed by atoms with Crippen molar-refractivity contribution in [3.63, 3.8) is 0 Å². The van der Waals surface area contributed by atoms with Crippen LogP contribution in [0.5, 0.6) is 0 Å². The van der Waals surface area contributed by atoms with E-state index in [9.17, 15) is 9.59 Å². The molecule has 2 aromatic carbocycles. The molecule has 0 saturated carbocycles. The van der Waals surface area contributed by atoms with Gasteiger partial charge in [0.2, 0.25) is 5.91 Å². The molecule has 0 unspecified atom stereocenters. The molecule has 5 heteroatoms. The van der Waals surface area contributed by atoms with Crippen molar-refractivity contribution in [2.24, 2.45) is 0 Å². The minimum Gasteiger partial charge on any atom is -0.465 e. The molecule has 0 bridgehead atoms. The van der Waals surface area contributed by atoms with Crippen LogP contribution in [0.1, 0.15) is 21.5 Å². The molecule has 1 atom stereocenters. The molecule has 1 aliphatic rings. The number of methoxy groups -OCH3 is 1. The van der Waals surface area contributed by atoms with Gasteiger partial charge in [0, 0.05) is 10.6 Å². The van der Waals surface area contributed by atoms with Crippen molar-refractivity contribution < 1.29 is 14.3 Å². The van der Waals surface area contributed by atoms with E-state index >= 15 is 0 Å². The molecule has 1 heterocycles. The molecule has 1 aliphatic heterocycles. The van der Waals surface area contributed by atoms with E-state index in [1.807, 2.05) is 6.92 Å². The first kappa shape index (κ1) is 15.6. The lowest BCUT2D eigenvalue weighted by Crippen LogP contribution is -2.24. The first-order valence-corrected chi connectivity index (χ1v) is 8.20. The third kappa shape index (κ3) is 3.40. The van der Waals surface area contributed by atoms with Crippen molar-refractivity contribution in [3.05, 3.63) is 59.2 Å². The van der Waals surface area contributed by atoms with Gasteiger partial charge in [0.25, 0.3) is 0 Å². The fourth-order valence-electron chi connectivity index (χ4n) is 2.55. The summed E-state index contributed by atoms with van der Waals surface area (Å²) in [6.07, 6.45) is 0.725. The number of anilines is 1. The molecule has 4 nitrogen and oxygen atoms in total. The van der Waals surface area contributed by atoms with Crippen molar-refractivity contribution in [1.29, 1.82) is 0 Å². The second-order valence-corrected chi connectivity index (χ2v) is 6.73. The number of carbonyl (C=O) groups is 2. The van der Waals surface area contributed by atoms with Crippen molar-refractivity contribution in [2.75, 3.05) is 12.4 Å². The van der Waals surface area contributed by atoms with E-state index < -0.39 is 5.97 Å². The second kappa shape index (κ2) is 6.46. The van der Waals surface area contributed by atoms with Crippen molar-refractivity contribution in [3.8, 4) is 0 Å². The maximum absolute atomic E-state index is 12.5. The van der Waals surface area contributed by atoms with E-state index in [4.69, 9.17) is 4.74 Å². The summed E-state index contributed by atoms with van der Waals surface area (Å²) in [4.78, 5) is 25.2. The van der Waals surface area contributed by atoms with E-state index in [0.29, 0.717) is 11.3 Å². The van der Waals surface area contributed by atoms with Gasteiger partial charge >= 0.3 is 5.97 Å². The number of hydrogen-bond donors (Lipinski definition) is 1. The highest BCUT2D eigenvalue weighted by Crippen LogP contribution is 2.38. The molecule has 3 rings (SSSR count). The number of esters is 1. The summed E-state index contributed by atoms with van der Waals surface area (Å²) in [7, 11) is 1.34. The summed E-state index contributed by atoms with van der Waals surface area (Å²) in [5.74, 6) is -0.468. The Morgan fingerprint density at radius 3 is 2.83 bits per heavy atom. The van der Waals surface area contributed by atoms with E-state index in [0.717, 1.165) is 6.42 Å². The number of benzene rings is 2. The smallest absolute Gasteiger partial charge is 0.337 e. The van der Waals surface area contributed by atoms with Crippen LogP contribution < -0.4 is 5.32 Å². The number of thioether (sulfide) groups is 1. The zero-order chi connectivity index (χ0) is 16.4. The third-order valence-corrected chi connectivity index (χ3v) is 5.04. The summed E-state index contributed by atoms with van der Waals surface area (Å²) in [6, 6.07) is 13.0. The van der Waals surface area contributed by atoms with Crippen LogP contribution in [-0.4, -0.2) is 24.2 Å². The average molecular weight is 327 g/mol. The molecule has 0 aromatic heterocycles. The second-order valence-electron chi connectivity index (χ2n) is 5.48. The van der Waals surface area contributed by atoms with Crippen molar-refractivity contribution >= 4 is 29.3 Å². The number of carbonyl (C=O) groups excluding carboxylic acids is 2. The summed E-state index contributed by atoms with van der Waals surface area (Å²) in [6.45, 7) is 2.05. The highest BCUT2D eigenvalue weighted by molar-refractivity contribution is 8.01. The molecule has 0 aliphatic carbocycles. The monoisotopic (exact) mass is 327 g/mol. The fourth-order valence-corrected chi connectivity index (χ4v) is 3.84. The number of ether oxygens (including phenoxy) is 1. The highest BCUT2D eigenvalue weighted by Gasteiger charge is 2.28. The molecule has 118 valence electrons. The van der Waals surface area contributed by atoms with E-state index in [-0.39, 0.29) is 11.2 Å². The average Bonchev–Trinajstić information content (AvgIpc) is 2.97. The largest absolute Gasteiger partial charge is 0.465 e. The molecular weight excluding hydrogens is 310 g/mol. The van der Waals surface area contributed by atoms with Crippen molar-refractivity contribution in [2.45, 2.75) is 23.5 Å². The standard InChI is InChI=1S/C18H17NO3S/c1-11-6-7-12-10-16(23-15(12)8-11)17(20)19-14-5-3-4-13(9-14)18(21)22-2/h3-9,16H,10H2,1-2H3,(H,19,20)/t16-/m1/s1. The lowest BCUT2D eigenvalue weighted by Gasteiger charge is -2.10. The van der Waals surface area contributed by atoms with Gasteiger partial charge in [0.1, 0.15) is 0 Å². The maximum Gasteiger partial charge on any atom is 0.337 e. The zero-order valence-electron chi connectivity index (χ0n) is 13.0. The van der Waals surface area contributed by atoms with Gasteiger partial charge in [-0.15, -0.1) is 11.8 Å². The van der Waals surface area contributed by atoms with Gasteiger partial charge < -0.3 is 10.1 Å². The van der Waals surface area contributed by atoms with Gasteiger partial charge in [-0.05, 0) is 43.2 Å². The predicted molar refractivity (Wildman–Crippen MR) is 90.9 cm³/mol. The molecule has 1 amide bonds. The number of fused-ring (bicyclic) bond motifs is 1. The summed E-state index contributed by atoms with van der Waals surface area (Å²) < 4.78 is 4.69. The Morgan fingerprint density at radius 2 is 2.04 bits per heavy atom. The van der Waals surface area contributed by atoms with Crippen LogP contribution in [0, 0.1) is 6.92 Å². The lowest BCUT2D eigenvalue weighted by atomic mass is 10.1. The molecule has 2 aromatic rings. The normalized spacial score (nSPS) is 15.8. The number of nitrogens with one attached hydrogen (secondary N) is 1. The van der Waals surface area contributed by atoms with Crippen LogP contribution in [0.2, 0.25) is 0 Å². The fraction of sp³-hybridized carbons (Fsp3) is 0.222. The Labute approximate surface area is 139 Å². The Bertz CT molecular complexity index is 773. The van der Waals surface area contributed by atoms with Gasteiger partial charge in [-0.2, -0.15) is 0 Å². The molecule has 23 heavy (non-hydrogen) atoms. The molecule has 1 N–H and O–H groups in total. The van der Waals surface area contributed by atoms with E-state index in [2.05, 4.69) is 23.5 Å². The lowest BCUT2D eigenvalue weighted by molar-refractivity contribution is -0.115. The summed E-state index contributed by atoms with van der Waals surface area (Å²) in [5.41, 5.74) is 3.43. The topological polar surface area (TPSA) is 55.4 Å². The molecule has 0 saturated heterocycles. The third-order valence-electron chi connectivity index (χ3n) is 3.74. The Kier molecular flexibility index (Phi) is 4.39. The maximum atomic E-state index is 12.5. The molecular formula is C18H17NO3S. The van der Waals surface area contributed by atoms with Crippen LogP contribution in [0.15, 0.2) is 47.4 Å². The number of aryl methyl sites for hydroxylation is 1. The summed E-state index contributed by atoms with van der Waals surface area (Å²) in [5, 5.41) is 2.74. The van der Waals surface area contributed by atoms with Crippen LogP contribution in [0.25, 0.3) is 0 Å². The summed E-state index contributed by atoms with van der Waals surface area (Å²) >= 11 is 1.59. The van der Waals surface area contributed by atoms with Crippen molar-refractivity contribution in [1.82, 2.24) is 0 Å². The van der Waals surface area contributed by atoms with E-state index in [1.165, 1.54) is 23.1 Å². The Hall–Kier alpha value is -2.27. The van der Waals surface area contributed by atoms with Crippen LogP contribution >= 0.6 is 11.8 Å². The van der Waals surface area contributed by atoms with Crippen LogP contribution in [0.4, 0.5) is 5.69 Å². The van der Waals surface area contributed by atoms with Gasteiger partial charge in [-0.1, -0.05) is 23.8 Å². The van der Waals surface area contributed by atoms with Gasteiger partial charge in [-0.3, -0.25) is 4.79 Å². The Morgan fingerprint density at radius 1 is 1.22 bits per heavy atom. The number of amides is 1. The number of rotatable bonds is 3. The SMILES string of the molecule is COC(=O)c1cccc(NC(=O)[C@H]2Cc3ccc(C)cc3S2)c1. The number of hydrogen-bond acceptors (Lipinski definition) is 4. The van der Waals surface area contributed by atoms with Gasteiger partial charge in [0.05, 0.1) is 17.9 Å². The van der Waals surface area contributed by atoms with Gasteiger partial charge in [-0.25, -0.2) is 4.79 Å². The quantitative estimate of drug-likeness (QED) is 0.878. The molecule has 0 spiro atoms. The minimum atomic E-state index is -0.417.